The summed E-state index contributed by atoms with van der Waals surface area (Å²) in [5.41, 5.74) is 2.65. The van der Waals surface area contributed by atoms with Crippen molar-refractivity contribution in [3.05, 3.63) is 72.4 Å². The number of anilines is 2. The molecule has 10 heteroatoms. The summed E-state index contributed by atoms with van der Waals surface area (Å²) in [6.07, 6.45) is 6.55. The second-order valence-electron chi connectivity index (χ2n) is 7.22. The van der Waals surface area contributed by atoms with E-state index < -0.39 is 10.0 Å². The number of sulfonamides is 1. The molecule has 0 spiro atoms. The fraction of sp³-hybridized carbons (Fsp3) is 0.182. The third-order valence-corrected chi connectivity index (χ3v) is 5.65. The Morgan fingerprint density at radius 1 is 0.969 bits per heavy atom. The van der Waals surface area contributed by atoms with Crippen LogP contribution in [0.4, 0.5) is 11.8 Å². The van der Waals surface area contributed by atoms with Gasteiger partial charge in [0.2, 0.25) is 22.4 Å². The van der Waals surface area contributed by atoms with Crippen LogP contribution in [0.3, 0.4) is 0 Å². The van der Waals surface area contributed by atoms with Crippen molar-refractivity contribution in [3.63, 3.8) is 0 Å². The van der Waals surface area contributed by atoms with Gasteiger partial charge in [0, 0.05) is 11.8 Å². The van der Waals surface area contributed by atoms with Gasteiger partial charge in [0.25, 0.3) is 0 Å². The van der Waals surface area contributed by atoms with Crippen molar-refractivity contribution in [1.82, 2.24) is 19.6 Å². The van der Waals surface area contributed by atoms with Crippen LogP contribution in [0.25, 0.3) is 16.9 Å². The summed E-state index contributed by atoms with van der Waals surface area (Å²) in [6.45, 7) is 0. The lowest BCUT2D eigenvalue weighted by atomic mass is 10.2. The minimum Gasteiger partial charge on any atom is -0.296 e. The molecule has 1 amide bonds. The predicted octanol–water partition coefficient (Wildman–Crippen LogP) is 3.47. The van der Waals surface area contributed by atoms with Crippen LogP contribution in [0.1, 0.15) is 24.8 Å². The van der Waals surface area contributed by atoms with Crippen LogP contribution >= 0.6 is 0 Å². The van der Waals surface area contributed by atoms with Crippen molar-refractivity contribution in [3.8, 4) is 11.3 Å². The number of nitrogens with one attached hydrogen (secondary N) is 2. The maximum atomic E-state index is 12.4. The zero-order valence-electron chi connectivity index (χ0n) is 17.2. The summed E-state index contributed by atoms with van der Waals surface area (Å²) in [5.74, 6) is 0.270. The molecule has 1 fully saturated rings. The average Bonchev–Trinajstić information content (AvgIpc) is 3.61. The summed E-state index contributed by atoms with van der Waals surface area (Å²) in [6, 6.07) is 17.6. The molecule has 0 radical (unpaired) electrons. The molecule has 3 heterocycles. The van der Waals surface area contributed by atoms with Crippen molar-refractivity contribution >= 4 is 33.8 Å². The topological polar surface area (TPSA) is 118 Å². The van der Waals surface area contributed by atoms with E-state index in [0.29, 0.717) is 28.9 Å². The summed E-state index contributed by atoms with van der Waals surface area (Å²) in [5, 5.41) is 6.65. The molecular weight excluding hydrogens is 428 g/mol. The summed E-state index contributed by atoms with van der Waals surface area (Å²) in [4.78, 5) is 19.0. The third kappa shape index (κ3) is 5.67. The van der Waals surface area contributed by atoms with Gasteiger partial charge >= 0.3 is 0 Å². The largest absolute Gasteiger partial charge is 0.296 e. The fourth-order valence-corrected chi connectivity index (χ4v) is 3.98. The maximum absolute atomic E-state index is 12.4. The van der Waals surface area contributed by atoms with Crippen LogP contribution in [-0.4, -0.2) is 34.4 Å². The number of hydrogen-bond donors (Lipinski definition) is 2. The highest BCUT2D eigenvalue weighted by molar-refractivity contribution is 7.91. The number of amides is 1. The zero-order chi connectivity index (χ0) is 22.4. The Kier molecular flexibility index (Phi) is 6.41. The van der Waals surface area contributed by atoms with Crippen molar-refractivity contribution in [1.29, 1.82) is 0 Å². The van der Waals surface area contributed by atoms with Gasteiger partial charge in [0.05, 0.1) is 11.4 Å². The lowest BCUT2D eigenvalue weighted by Crippen LogP contribution is -2.15. The van der Waals surface area contributed by atoms with Gasteiger partial charge in [-0.3, -0.25) is 14.8 Å². The van der Waals surface area contributed by atoms with Gasteiger partial charge in [0.1, 0.15) is 5.82 Å². The normalized spacial score (nSPS) is 12.5. The molecule has 32 heavy (non-hydrogen) atoms. The minimum atomic E-state index is -3.58. The Morgan fingerprint density at radius 2 is 1.75 bits per heavy atom. The number of nitrogens with zero attached hydrogens (tertiary/aromatic N) is 4. The molecule has 164 valence electrons. The Labute approximate surface area is 185 Å². The molecule has 0 saturated heterocycles. The molecule has 0 atom stereocenters. The van der Waals surface area contributed by atoms with Gasteiger partial charge in [-0.05, 0) is 29.8 Å². The van der Waals surface area contributed by atoms with Gasteiger partial charge in [-0.1, -0.05) is 55.7 Å². The van der Waals surface area contributed by atoms with Gasteiger partial charge in [-0.2, -0.15) is 4.98 Å². The second-order valence-corrected chi connectivity index (χ2v) is 8.94. The van der Waals surface area contributed by atoms with Crippen LogP contribution in [0.5, 0.6) is 0 Å². The molecule has 1 aliphatic carbocycles. The molecule has 0 unspecified atom stereocenters. The molecule has 0 aliphatic heterocycles. The van der Waals surface area contributed by atoms with E-state index in [9.17, 15) is 13.2 Å². The third-order valence-electron chi connectivity index (χ3n) is 4.42. The molecule has 1 aliphatic rings. The van der Waals surface area contributed by atoms with Crippen LogP contribution in [0, 0.1) is 0 Å². The predicted molar refractivity (Wildman–Crippen MR) is 122 cm³/mol. The Bertz CT molecular complexity index is 1300. The van der Waals surface area contributed by atoms with E-state index in [4.69, 9.17) is 0 Å². The highest BCUT2D eigenvalue weighted by atomic mass is 32.2. The minimum absolute atomic E-state index is 0.137. The molecule has 3 aromatic heterocycles. The van der Waals surface area contributed by atoms with E-state index in [1.807, 2.05) is 12.1 Å². The SMILES string of the molecule is C1CC1.O=CNc1nc2cccc(-c3ccc(NS(=O)(=O)Cc4ccccc4)nc3)n2n1. The van der Waals surface area contributed by atoms with Crippen LogP contribution in [0.2, 0.25) is 0 Å². The van der Waals surface area contributed by atoms with E-state index in [0.717, 1.165) is 0 Å². The average molecular weight is 451 g/mol. The fourth-order valence-electron chi connectivity index (χ4n) is 2.83. The van der Waals surface area contributed by atoms with E-state index in [1.165, 1.54) is 19.3 Å². The smallest absolute Gasteiger partial charge is 0.249 e. The van der Waals surface area contributed by atoms with E-state index in [-0.39, 0.29) is 17.5 Å². The maximum Gasteiger partial charge on any atom is 0.249 e. The quantitative estimate of drug-likeness (QED) is 0.416. The van der Waals surface area contributed by atoms with Crippen LogP contribution in [0.15, 0.2) is 66.9 Å². The molecule has 1 aromatic carbocycles. The van der Waals surface area contributed by atoms with E-state index in [2.05, 4.69) is 25.1 Å². The number of pyridine rings is 2. The number of fused-ring (bicyclic) bond motifs is 1. The first-order valence-electron chi connectivity index (χ1n) is 10.1. The van der Waals surface area contributed by atoms with Crippen molar-refractivity contribution in [2.75, 3.05) is 10.0 Å². The Hall–Kier alpha value is -3.79. The van der Waals surface area contributed by atoms with Crippen molar-refractivity contribution < 1.29 is 13.2 Å². The molecular formula is C22H22N6O3S. The van der Waals surface area contributed by atoms with Crippen LogP contribution in [-0.2, 0) is 20.6 Å². The van der Waals surface area contributed by atoms with Gasteiger partial charge in [-0.25, -0.2) is 17.9 Å². The van der Waals surface area contributed by atoms with Crippen LogP contribution < -0.4 is 10.0 Å². The number of hydrogen-bond acceptors (Lipinski definition) is 6. The monoisotopic (exact) mass is 450 g/mol. The first-order valence-corrected chi connectivity index (χ1v) is 11.8. The van der Waals surface area contributed by atoms with Crippen molar-refractivity contribution in [2.24, 2.45) is 0 Å². The molecule has 2 N–H and O–H groups in total. The number of rotatable bonds is 7. The molecule has 4 aromatic rings. The lowest BCUT2D eigenvalue weighted by Gasteiger charge is -2.09. The number of benzene rings is 1. The van der Waals surface area contributed by atoms with Gasteiger partial charge < -0.3 is 0 Å². The first kappa shape index (κ1) is 21.4. The second kappa shape index (κ2) is 9.56. The Morgan fingerprint density at radius 3 is 2.41 bits per heavy atom. The number of aromatic nitrogens is 4. The van der Waals surface area contributed by atoms with E-state index >= 15 is 0 Å². The standard InChI is InChI=1S/C19H16N6O3S.C3H6/c26-13-21-19-22-18-8-4-7-16(25(18)23-19)15-9-10-17(20-11-15)24-29(27,28)12-14-5-2-1-3-6-14;1-2-3-1/h1-11,13H,12H2,(H,20,24)(H,21,23,26);1-3H2. The molecule has 9 nitrogen and oxygen atoms in total. The van der Waals surface area contributed by atoms with Gasteiger partial charge in [-0.15, -0.1) is 5.10 Å². The Balaban J connectivity index is 0.000000754. The molecule has 1 saturated carbocycles. The number of carbonyl (C=O) groups excluding carboxylic acids is 1. The van der Waals surface area contributed by atoms with Crippen molar-refractivity contribution in [2.45, 2.75) is 25.0 Å². The first-order chi connectivity index (χ1) is 15.5. The molecule has 5 rings (SSSR count). The van der Waals surface area contributed by atoms with E-state index in [1.54, 1.807) is 59.2 Å². The zero-order valence-corrected chi connectivity index (χ0v) is 18.0. The molecule has 0 bridgehead atoms. The highest BCUT2D eigenvalue weighted by Crippen LogP contribution is 2.22. The summed E-state index contributed by atoms with van der Waals surface area (Å²) >= 11 is 0. The summed E-state index contributed by atoms with van der Waals surface area (Å²) < 4.78 is 28.8. The van der Waals surface area contributed by atoms with Gasteiger partial charge in [0.15, 0.2) is 5.65 Å². The number of carbonyl (C=O) groups is 1. The lowest BCUT2D eigenvalue weighted by molar-refractivity contribution is -0.105. The summed E-state index contributed by atoms with van der Waals surface area (Å²) in [7, 11) is -3.58. The highest BCUT2D eigenvalue weighted by Gasteiger charge is 2.13.